The van der Waals surface area contributed by atoms with Gasteiger partial charge >= 0.3 is 0 Å². The van der Waals surface area contributed by atoms with Gasteiger partial charge in [-0.25, -0.2) is 4.39 Å². The number of halogens is 1. The lowest BCUT2D eigenvalue weighted by Crippen LogP contribution is -2.17. The van der Waals surface area contributed by atoms with Crippen molar-refractivity contribution in [3.63, 3.8) is 0 Å². The van der Waals surface area contributed by atoms with Crippen LogP contribution in [0.15, 0.2) is 30.7 Å². The summed E-state index contributed by atoms with van der Waals surface area (Å²) in [5.41, 5.74) is 1.76. The van der Waals surface area contributed by atoms with Gasteiger partial charge in [0.05, 0.1) is 29.8 Å². The van der Waals surface area contributed by atoms with Crippen molar-refractivity contribution in [2.24, 2.45) is 13.0 Å². The molecule has 2 aromatic heterocycles. The predicted octanol–water partition coefficient (Wildman–Crippen LogP) is 2.76. The molecule has 2 rings (SSSR count). The average molecular weight is 248 g/mol. The Morgan fingerprint density at radius 2 is 2.06 bits per heavy atom. The van der Waals surface area contributed by atoms with Crippen molar-refractivity contribution in [2.75, 3.05) is 5.32 Å². The number of pyridine rings is 1. The molecular formula is C13H17FN4. The number of rotatable bonds is 4. The third-order valence-corrected chi connectivity index (χ3v) is 2.76. The molecule has 0 aromatic carbocycles. The molecule has 96 valence electrons. The lowest BCUT2D eigenvalue weighted by atomic mass is 10.00. The number of aromatic nitrogens is 3. The summed E-state index contributed by atoms with van der Waals surface area (Å²) in [5, 5.41) is 7.48. The van der Waals surface area contributed by atoms with Gasteiger partial charge in [-0.15, -0.1) is 0 Å². The van der Waals surface area contributed by atoms with Crippen LogP contribution in [0.5, 0.6) is 0 Å². The molecule has 0 aliphatic heterocycles. The van der Waals surface area contributed by atoms with Crippen LogP contribution in [0.1, 0.15) is 25.6 Å². The number of hydrogen-bond acceptors (Lipinski definition) is 3. The highest BCUT2D eigenvalue weighted by Gasteiger charge is 2.17. The molecule has 1 unspecified atom stereocenters. The van der Waals surface area contributed by atoms with Gasteiger partial charge in [0.2, 0.25) is 0 Å². The molecule has 1 atom stereocenters. The standard InChI is InChI=1S/C13H17FN4/c1-9(2)13(12-5-4-10(14)6-15-12)17-11-7-16-18(3)8-11/h4-9,13,17H,1-3H3. The zero-order chi connectivity index (χ0) is 13.1. The molecule has 0 amide bonds. The predicted molar refractivity (Wildman–Crippen MR) is 68.6 cm³/mol. The van der Waals surface area contributed by atoms with Crippen LogP contribution >= 0.6 is 0 Å². The highest BCUT2D eigenvalue weighted by Crippen LogP contribution is 2.24. The smallest absolute Gasteiger partial charge is 0.141 e. The molecule has 0 aliphatic rings. The Kier molecular flexibility index (Phi) is 3.60. The average Bonchev–Trinajstić information content (AvgIpc) is 2.73. The van der Waals surface area contributed by atoms with Gasteiger partial charge in [-0.1, -0.05) is 13.8 Å². The fourth-order valence-corrected chi connectivity index (χ4v) is 1.83. The maximum absolute atomic E-state index is 12.9. The van der Waals surface area contributed by atoms with Gasteiger partial charge in [0, 0.05) is 13.2 Å². The summed E-state index contributed by atoms with van der Waals surface area (Å²) in [6.07, 6.45) is 4.91. The molecule has 1 N–H and O–H groups in total. The number of nitrogens with one attached hydrogen (secondary N) is 1. The maximum Gasteiger partial charge on any atom is 0.141 e. The summed E-state index contributed by atoms with van der Waals surface area (Å²) in [6, 6.07) is 3.18. The van der Waals surface area contributed by atoms with Crippen LogP contribution < -0.4 is 5.32 Å². The third kappa shape index (κ3) is 2.85. The van der Waals surface area contributed by atoms with Gasteiger partial charge in [-0.3, -0.25) is 9.67 Å². The second-order valence-electron chi connectivity index (χ2n) is 4.67. The first-order valence-corrected chi connectivity index (χ1v) is 5.93. The Morgan fingerprint density at radius 1 is 1.28 bits per heavy atom. The van der Waals surface area contributed by atoms with Crippen molar-refractivity contribution >= 4 is 5.69 Å². The molecule has 0 radical (unpaired) electrons. The van der Waals surface area contributed by atoms with Crippen LogP contribution in [-0.2, 0) is 7.05 Å². The Hall–Kier alpha value is -1.91. The molecule has 0 spiro atoms. The van der Waals surface area contributed by atoms with E-state index < -0.39 is 0 Å². The van der Waals surface area contributed by atoms with Crippen LogP contribution in [0.25, 0.3) is 0 Å². The summed E-state index contributed by atoms with van der Waals surface area (Å²) in [6.45, 7) is 4.19. The topological polar surface area (TPSA) is 42.7 Å². The minimum Gasteiger partial charge on any atom is -0.374 e. The Balaban J connectivity index is 2.20. The number of hydrogen-bond donors (Lipinski definition) is 1. The van der Waals surface area contributed by atoms with Gasteiger partial charge in [-0.05, 0) is 18.1 Å². The van der Waals surface area contributed by atoms with Crippen LogP contribution in [0.3, 0.4) is 0 Å². The van der Waals surface area contributed by atoms with E-state index in [0.29, 0.717) is 5.92 Å². The molecule has 0 saturated heterocycles. The second kappa shape index (κ2) is 5.16. The zero-order valence-corrected chi connectivity index (χ0v) is 10.8. The van der Waals surface area contributed by atoms with Crippen LogP contribution in [-0.4, -0.2) is 14.8 Å². The Bertz CT molecular complexity index is 504. The van der Waals surface area contributed by atoms with Crippen molar-refractivity contribution in [2.45, 2.75) is 19.9 Å². The molecule has 0 aliphatic carbocycles. The largest absolute Gasteiger partial charge is 0.374 e. The third-order valence-electron chi connectivity index (χ3n) is 2.76. The summed E-state index contributed by atoms with van der Waals surface area (Å²) >= 11 is 0. The summed E-state index contributed by atoms with van der Waals surface area (Å²) in [5.74, 6) is 0.0193. The van der Waals surface area contributed by atoms with Gasteiger partial charge in [-0.2, -0.15) is 5.10 Å². The summed E-state index contributed by atoms with van der Waals surface area (Å²) in [4.78, 5) is 4.14. The summed E-state index contributed by atoms with van der Waals surface area (Å²) in [7, 11) is 1.87. The molecule has 0 fully saturated rings. The van der Waals surface area contributed by atoms with Crippen LogP contribution in [0, 0.1) is 11.7 Å². The van der Waals surface area contributed by atoms with E-state index in [9.17, 15) is 4.39 Å². The Morgan fingerprint density at radius 3 is 2.56 bits per heavy atom. The van der Waals surface area contributed by atoms with E-state index in [4.69, 9.17) is 0 Å². The molecular weight excluding hydrogens is 231 g/mol. The first-order valence-electron chi connectivity index (χ1n) is 5.93. The van der Waals surface area contributed by atoms with Crippen molar-refractivity contribution in [1.29, 1.82) is 0 Å². The van der Waals surface area contributed by atoms with E-state index in [-0.39, 0.29) is 11.9 Å². The minimum absolute atomic E-state index is 0.0369. The van der Waals surface area contributed by atoms with E-state index in [2.05, 4.69) is 29.2 Å². The van der Waals surface area contributed by atoms with E-state index in [1.807, 2.05) is 13.2 Å². The minimum atomic E-state index is -0.317. The van der Waals surface area contributed by atoms with Gasteiger partial charge in [0.1, 0.15) is 5.82 Å². The Labute approximate surface area is 106 Å². The van der Waals surface area contributed by atoms with Crippen molar-refractivity contribution in [3.05, 3.63) is 42.2 Å². The fraction of sp³-hybridized carbons (Fsp3) is 0.385. The molecule has 0 bridgehead atoms. The SMILES string of the molecule is CC(C)C(Nc1cnn(C)c1)c1ccc(F)cn1. The lowest BCUT2D eigenvalue weighted by Gasteiger charge is -2.22. The normalized spacial score (nSPS) is 12.7. The quantitative estimate of drug-likeness (QED) is 0.904. The zero-order valence-electron chi connectivity index (χ0n) is 10.8. The lowest BCUT2D eigenvalue weighted by molar-refractivity contribution is 0.530. The molecule has 2 aromatic rings. The van der Waals surface area contributed by atoms with E-state index >= 15 is 0 Å². The first kappa shape index (κ1) is 12.5. The highest BCUT2D eigenvalue weighted by molar-refractivity contribution is 5.41. The van der Waals surface area contributed by atoms with E-state index in [1.54, 1.807) is 16.9 Å². The highest BCUT2D eigenvalue weighted by atomic mass is 19.1. The number of aryl methyl sites for hydroxylation is 1. The molecule has 4 nitrogen and oxygen atoms in total. The summed E-state index contributed by atoms with van der Waals surface area (Å²) < 4.78 is 14.6. The molecule has 0 saturated carbocycles. The monoisotopic (exact) mass is 248 g/mol. The van der Waals surface area contributed by atoms with Crippen molar-refractivity contribution < 1.29 is 4.39 Å². The van der Waals surface area contributed by atoms with Gasteiger partial charge < -0.3 is 5.32 Å². The maximum atomic E-state index is 12.9. The first-order chi connectivity index (χ1) is 8.56. The van der Waals surface area contributed by atoms with Gasteiger partial charge in [0.15, 0.2) is 0 Å². The van der Waals surface area contributed by atoms with Crippen LogP contribution in [0.4, 0.5) is 10.1 Å². The fourth-order valence-electron chi connectivity index (χ4n) is 1.83. The number of anilines is 1. The van der Waals surface area contributed by atoms with Gasteiger partial charge in [0.25, 0.3) is 0 Å². The van der Waals surface area contributed by atoms with Crippen LogP contribution in [0.2, 0.25) is 0 Å². The van der Waals surface area contributed by atoms with Crippen molar-refractivity contribution in [3.8, 4) is 0 Å². The van der Waals surface area contributed by atoms with E-state index in [0.717, 1.165) is 11.4 Å². The second-order valence-corrected chi connectivity index (χ2v) is 4.67. The van der Waals surface area contributed by atoms with Crippen molar-refractivity contribution in [1.82, 2.24) is 14.8 Å². The molecule has 18 heavy (non-hydrogen) atoms. The number of nitrogens with zero attached hydrogens (tertiary/aromatic N) is 3. The van der Waals surface area contributed by atoms with E-state index in [1.165, 1.54) is 12.3 Å². The molecule has 5 heteroatoms. The molecule has 2 heterocycles.